The summed E-state index contributed by atoms with van der Waals surface area (Å²) in [6.07, 6.45) is 2.51. The van der Waals surface area contributed by atoms with Gasteiger partial charge in [0, 0.05) is 17.8 Å². The molecule has 18 heavy (non-hydrogen) atoms. The van der Waals surface area contributed by atoms with E-state index in [0.29, 0.717) is 24.2 Å². The van der Waals surface area contributed by atoms with Gasteiger partial charge in [0.25, 0.3) is 0 Å². The molecule has 0 radical (unpaired) electrons. The van der Waals surface area contributed by atoms with Gasteiger partial charge in [-0.1, -0.05) is 20.8 Å². The summed E-state index contributed by atoms with van der Waals surface area (Å²) in [4.78, 5) is 0. The molecule has 0 saturated heterocycles. The van der Waals surface area contributed by atoms with Crippen LogP contribution in [0.15, 0.2) is 18.2 Å². The molecule has 0 aromatic heterocycles. The first-order chi connectivity index (χ1) is 8.53. The summed E-state index contributed by atoms with van der Waals surface area (Å²) in [5.74, 6) is 2.41. The molecule has 1 aliphatic heterocycles. The minimum atomic E-state index is 0.339. The zero-order chi connectivity index (χ0) is 12.8. The van der Waals surface area contributed by atoms with E-state index >= 15 is 0 Å². The summed E-state index contributed by atoms with van der Waals surface area (Å²) in [7, 11) is 0. The van der Waals surface area contributed by atoms with Gasteiger partial charge < -0.3 is 14.8 Å². The van der Waals surface area contributed by atoms with Gasteiger partial charge in [-0.3, -0.25) is 0 Å². The molecule has 2 aliphatic rings. The van der Waals surface area contributed by atoms with E-state index in [2.05, 4.69) is 32.2 Å². The van der Waals surface area contributed by atoms with E-state index in [1.54, 1.807) is 0 Å². The largest absolute Gasteiger partial charge is 0.454 e. The third-order valence-corrected chi connectivity index (χ3v) is 4.06. The molecule has 2 unspecified atom stereocenters. The highest BCUT2D eigenvalue weighted by molar-refractivity contribution is 5.56. The Hall–Kier alpha value is -1.38. The van der Waals surface area contributed by atoms with E-state index in [1.807, 2.05) is 12.1 Å². The van der Waals surface area contributed by atoms with Gasteiger partial charge in [-0.25, -0.2) is 0 Å². The fourth-order valence-corrected chi connectivity index (χ4v) is 3.29. The Kier molecular flexibility index (Phi) is 2.65. The van der Waals surface area contributed by atoms with Crippen molar-refractivity contribution in [3.05, 3.63) is 18.2 Å². The van der Waals surface area contributed by atoms with Gasteiger partial charge in [-0.15, -0.1) is 0 Å². The summed E-state index contributed by atoms with van der Waals surface area (Å²) < 4.78 is 10.7. The van der Waals surface area contributed by atoms with Gasteiger partial charge in [0.05, 0.1) is 0 Å². The molecule has 3 nitrogen and oxygen atoms in total. The topological polar surface area (TPSA) is 30.5 Å². The van der Waals surface area contributed by atoms with E-state index in [0.717, 1.165) is 17.2 Å². The van der Waals surface area contributed by atoms with Crippen LogP contribution in [0.4, 0.5) is 5.69 Å². The summed E-state index contributed by atoms with van der Waals surface area (Å²) in [5.41, 5.74) is 1.58. The fraction of sp³-hybridized carbons (Fsp3) is 0.600. The third kappa shape index (κ3) is 2.14. The van der Waals surface area contributed by atoms with E-state index in [1.165, 1.54) is 12.8 Å². The van der Waals surface area contributed by atoms with Crippen LogP contribution in [0.2, 0.25) is 0 Å². The zero-order valence-corrected chi connectivity index (χ0v) is 11.3. The lowest BCUT2D eigenvalue weighted by Crippen LogP contribution is -2.22. The van der Waals surface area contributed by atoms with E-state index in [9.17, 15) is 0 Å². The monoisotopic (exact) mass is 247 g/mol. The second-order valence-electron chi connectivity index (χ2n) is 6.37. The molecule has 3 heteroatoms. The molecule has 2 atom stereocenters. The maximum atomic E-state index is 5.41. The van der Waals surface area contributed by atoms with Crippen LogP contribution in [0.3, 0.4) is 0 Å². The standard InChI is InChI=1S/C15H21NO2/c1-10-7-15(2,3)8-12(10)16-11-4-5-13-14(6-11)18-9-17-13/h4-6,10,12,16H,7-9H2,1-3H3. The maximum Gasteiger partial charge on any atom is 0.231 e. The molecule has 1 fully saturated rings. The Bertz CT molecular complexity index is 456. The second-order valence-corrected chi connectivity index (χ2v) is 6.37. The number of nitrogens with one attached hydrogen (secondary N) is 1. The molecule has 98 valence electrons. The van der Waals surface area contributed by atoms with Crippen LogP contribution in [-0.4, -0.2) is 12.8 Å². The van der Waals surface area contributed by atoms with Crippen molar-refractivity contribution in [1.29, 1.82) is 0 Å². The number of hydrogen-bond donors (Lipinski definition) is 1. The van der Waals surface area contributed by atoms with Crippen molar-refractivity contribution >= 4 is 5.69 Å². The molecule has 3 rings (SSSR count). The van der Waals surface area contributed by atoms with Crippen molar-refractivity contribution in [1.82, 2.24) is 0 Å². The zero-order valence-electron chi connectivity index (χ0n) is 11.3. The quantitative estimate of drug-likeness (QED) is 0.865. The first-order valence-corrected chi connectivity index (χ1v) is 6.70. The van der Waals surface area contributed by atoms with Crippen molar-refractivity contribution in [3.8, 4) is 11.5 Å². The van der Waals surface area contributed by atoms with Gasteiger partial charge >= 0.3 is 0 Å². The lowest BCUT2D eigenvalue weighted by molar-refractivity contribution is 0.174. The Morgan fingerprint density at radius 2 is 1.94 bits per heavy atom. The molecule has 0 bridgehead atoms. The van der Waals surface area contributed by atoms with Gasteiger partial charge in [0.15, 0.2) is 11.5 Å². The number of anilines is 1. The molecule has 1 aromatic carbocycles. The number of ether oxygens (including phenoxy) is 2. The molecule has 1 heterocycles. The van der Waals surface area contributed by atoms with Crippen LogP contribution in [0.1, 0.15) is 33.6 Å². The van der Waals surface area contributed by atoms with Crippen LogP contribution < -0.4 is 14.8 Å². The average Bonchev–Trinajstić information content (AvgIpc) is 2.83. The average molecular weight is 247 g/mol. The first kappa shape index (κ1) is 11.7. The Morgan fingerprint density at radius 3 is 2.67 bits per heavy atom. The van der Waals surface area contributed by atoms with Crippen LogP contribution >= 0.6 is 0 Å². The van der Waals surface area contributed by atoms with E-state index in [-0.39, 0.29) is 0 Å². The molecule has 0 amide bonds. The van der Waals surface area contributed by atoms with Gasteiger partial charge in [-0.05, 0) is 36.3 Å². The predicted octanol–water partition coefficient (Wildman–Crippen LogP) is 3.65. The molecule has 1 N–H and O–H groups in total. The maximum absolute atomic E-state index is 5.41. The van der Waals surface area contributed by atoms with E-state index in [4.69, 9.17) is 9.47 Å². The lowest BCUT2D eigenvalue weighted by atomic mass is 9.91. The second kappa shape index (κ2) is 4.08. The number of hydrogen-bond acceptors (Lipinski definition) is 3. The summed E-state index contributed by atoms with van der Waals surface area (Å²) in [6.45, 7) is 7.38. The highest BCUT2D eigenvalue weighted by atomic mass is 16.7. The smallest absolute Gasteiger partial charge is 0.231 e. The van der Waals surface area contributed by atoms with Gasteiger partial charge in [-0.2, -0.15) is 0 Å². The van der Waals surface area contributed by atoms with Crippen molar-refractivity contribution in [2.45, 2.75) is 39.7 Å². The molecule has 0 spiro atoms. The Morgan fingerprint density at radius 1 is 1.17 bits per heavy atom. The van der Waals surface area contributed by atoms with Crippen molar-refractivity contribution in [3.63, 3.8) is 0 Å². The summed E-state index contributed by atoms with van der Waals surface area (Å²) in [6, 6.07) is 6.65. The molecular weight excluding hydrogens is 226 g/mol. The van der Waals surface area contributed by atoms with Gasteiger partial charge in [0.2, 0.25) is 6.79 Å². The van der Waals surface area contributed by atoms with Crippen LogP contribution in [-0.2, 0) is 0 Å². The number of rotatable bonds is 2. The van der Waals surface area contributed by atoms with Crippen LogP contribution in [0.5, 0.6) is 11.5 Å². The molecule has 1 aliphatic carbocycles. The Balaban J connectivity index is 1.73. The predicted molar refractivity (Wildman–Crippen MR) is 72.2 cm³/mol. The number of fused-ring (bicyclic) bond motifs is 1. The molecule has 1 saturated carbocycles. The third-order valence-electron chi connectivity index (χ3n) is 4.06. The fourth-order valence-electron chi connectivity index (χ4n) is 3.29. The minimum Gasteiger partial charge on any atom is -0.454 e. The van der Waals surface area contributed by atoms with Crippen molar-refractivity contribution in [2.75, 3.05) is 12.1 Å². The lowest BCUT2D eigenvalue weighted by Gasteiger charge is -2.20. The summed E-state index contributed by atoms with van der Waals surface area (Å²) in [5, 5.41) is 3.64. The number of benzene rings is 1. The van der Waals surface area contributed by atoms with Crippen LogP contribution in [0.25, 0.3) is 0 Å². The van der Waals surface area contributed by atoms with Crippen molar-refractivity contribution in [2.24, 2.45) is 11.3 Å². The molecular formula is C15H21NO2. The minimum absolute atomic E-state index is 0.339. The van der Waals surface area contributed by atoms with E-state index < -0.39 is 0 Å². The SMILES string of the molecule is CC1CC(C)(C)CC1Nc1ccc2c(c1)OCO2. The Labute approximate surface area is 108 Å². The first-order valence-electron chi connectivity index (χ1n) is 6.70. The highest BCUT2D eigenvalue weighted by Crippen LogP contribution is 2.43. The van der Waals surface area contributed by atoms with Gasteiger partial charge in [0.1, 0.15) is 0 Å². The highest BCUT2D eigenvalue weighted by Gasteiger charge is 2.36. The molecule has 1 aromatic rings. The van der Waals surface area contributed by atoms with Crippen LogP contribution in [0, 0.1) is 11.3 Å². The summed E-state index contributed by atoms with van der Waals surface area (Å²) >= 11 is 0. The van der Waals surface area contributed by atoms with Crippen molar-refractivity contribution < 1.29 is 9.47 Å². The normalized spacial score (nSPS) is 28.4.